The molecular weight excluding hydrogens is 328 g/mol. The highest BCUT2D eigenvalue weighted by Gasteiger charge is 2.38. The Kier molecular flexibility index (Phi) is 4.53. The Morgan fingerprint density at radius 2 is 2.04 bits per heavy atom. The van der Waals surface area contributed by atoms with E-state index in [1.165, 1.54) is 5.56 Å². The highest BCUT2D eigenvalue weighted by Crippen LogP contribution is 2.42. The second-order valence-electron chi connectivity index (χ2n) is 7.77. The molecule has 1 amide bonds. The zero-order valence-electron chi connectivity index (χ0n) is 15.4. The molecule has 1 aromatic carbocycles. The van der Waals surface area contributed by atoms with Crippen LogP contribution in [-0.2, 0) is 17.8 Å². The van der Waals surface area contributed by atoms with Gasteiger partial charge in [-0.1, -0.05) is 23.8 Å². The SMILES string of the molecule is Cc1ccc(C)c(CC(=O)NC2CC(c3nnc(CO)n3C3CC3)C2)c1. The fourth-order valence-electron chi connectivity index (χ4n) is 3.84. The lowest BCUT2D eigenvalue weighted by Crippen LogP contribution is -2.44. The lowest BCUT2D eigenvalue weighted by atomic mass is 9.79. The van der Waals surface area contributed by atoms with Gasteiger partial charge in [0, 0.05) is 18.0 Å². The Balaban J connectivity index is 1.33. The second-order valence-corrected chi connectivity index (χ2v) is 7.77. The topological polar surface area (TPSA) is 80.0 Å². The van der Waals surface area contributed by atoms with E-state index >= 15 is 0 Å². The minimum atomic E-state index is -0.0633. The van der Waals surface area contributed by atoms with E-state index in [1.807, 2.05) is 13.8 Å². The number of hydrogen-bond donors (Lipinski definition) is 2. The van der Waals surface area contributed by atoms with Crippen LogP contribution in [0.3, 0.4) is 0 Å². The minimum Gasteiger partial charge on any atom is -0.388 e. The zero-order chi connectivity index (χ0) is 18.3. The summed E-state index contributed by atoms with van der Waals surface area (Å²) >= 11 is 0. The molecule has 2 fully saturated rings. The largest absolute Gasteiger partial charge is 0.388 e. The maximum atomic E-state index is 12.4. The van der Waals surface area contributed by atoms with E-state index in [4.69, 9.17) is 0 Å². The van der Waals surface area contributed by atoms with Crippen molar-refractivity contribution in [2.45, 2.75) is 70.6 Å². The number of carbonyl (C=O) groups is 1. The maximum Gasteiger partial charge on any atom is 0.224 e. The lowest BCUT2D eigenvalue weighted by molar-refractivity contribution is -0.121. The standard InChI is InChI=1S/C20H26N4O2/c1-12-3-4-13(2)14(7-12)10-19(26)21-16-8-15(9-16)20-23-22-18(11-25)24(20)17-5-6-17/h3-4,7,15-17,25H,5-6,8-11H2,1-2H3,(H,21,26). The zero-order valence-corrected chi connectivity index (χ0v) is 15.4. The summed E-state index contributed by atoms with van der Waals surface area (Å²) in [5, 5.41) is 21.1. The van der Waals surface area contributed by atoms with Crippen LogP contribution in [0.5, 0.6) is 0 Å². The van der Waals surface area contributed by atoms with Crippen LogP contribution in [0.1, 0.15) is 66.0 Å². The number of aromatic nitrogens is 3. The van der Waals surface area contributed by atoms with E-state index in [2.05, 4.69) is 38.3 Å². The summed E-state index contributed by atoms with van der Waals surface area (Å²) in [5.41, 5.74) is 3.44. The highest BCUT2D eigenvalue weighted by atomic mass is 16.3. The van der Waals surface area contributed by atoms with Gasteiger partial charge in [0.15, 0.2) is 5.82 Å². The van der Waals surface area contributed by atoms with Crippen LogP contribution in [0, 0.1) is 13.8 Å². The van der Waals surface area contributed by atoms with E-state index in [0.717, 1.165) is 42.6 Å². The average molecular weight is 354 g/mol. The summed E-state index contributed by atoms with van der Waals surface area (Å²) in [7, 11) is 0. The number of amides is 1. The van der Waals surface area contributed by atoms with Crippen LogP contribution in [0.4, 0.5) is 0 Å². The van der Waals surface area contributed by atoms with Crippen molar-refractivity contribution in [1.82, 2.24) is 20.1 Å². The molecule has 2 aliphatic rings. The van der Waals surface area contributed by atoms with Crippen LogP contribution < -0.4 is 5.32 Å². The van der Waals surface area contributed by atoms with Crippen molar-refractivity contribution in [2.75, 3.05) is 0 Å². The smallest absolute Gasteiger partial charge is 0.224 e. The van der Waals surface area contributed by atoms with Crippen molar-refractivity contribution < 1.29 is 9.90 Å². The molecule has 0 saturated heterocycles. The average Bonchev–Trinajstić information content (AvgIpc) is 3.33. The number of hydrogen-bond acceptors (Lipinski definition) is 4. The summed E-state index contributed by atoms with van der Waals surface area (Å²) in [6, 6.07) is 6.90. The molecule has 0 aliphatic heterocycles. The minimum absolute atomic E-state index is 0.0633. The molecule has 0 bridgehead atoms. The summed E-state index contributed by atoms with van der Waals surface area (Å²) in [4.78, 5) is 12.4. The van der Waals surface area contributed by atoms with Crippen LogP contribution >= 0.6 is 0 Å². The maximum absolute atomic E-state index is 12.4. The molecule has 2 saturated carbocycles. The van der Waals surface area contributed by atoms with Crippen molar-refractivity contribution in [3.63, 3.8) is 0 Å². The predicted octanol–water partition coefficient (Wildman–Crippen LogP) is 2.33. The van der Waals surface area contributed by atoms with Gasteiger partial charge in [0.25, 0.3) is 0 Å². The molecule has 0 atom stereocenters. The normalized spacial score (nSPS) is 22.1. The van der Waals surface area contributed by atoms with Gasteiger partial charge in [-0.25, -0.2) is 0 Å². The number of aliphatic hydroxyl groups excluding tert-OH is 1. The molecule has 1 aromatic heterocycles. The first-order chi connectivity index (χ1) is 12.5. The van der Waals surface area contributed by atoms with Gasteiger partial charge >= 0.3 is 0 Å². The van der Waals surface area contributed by atoms with Gasteiger partial charge in [-0.2, -0.15) is 0 Å². The van der Waals surface area contributed by atoms with Gasteiger partial charge in [0.1, 0.15) is 12.4 Å². The number of nitrogens with one attached hydrogen (secondary N) is 1. The monoisotopic (exact) mass is 354 g/mol. The van der Waals surface area contributed by atoms with Crippen LogP contribution in [0.15, 0.2) is 18.2 Å². The molecule has 138 valence electrons. The Morgan fingerprint density at radius 3 is 2.73 bits per heavy atom. The lowest BCUT2D eigenvalue weighted by Gasteiger charge is -2.35. The quantitative estimate of drug-likeness (QED) is 0.834. The summed E-state index contributed by atoms with van der Waals surface area (Å²) in [5.74, 6) is 2.07. The Hall–Kier alpha value is -2.21. The highest BCUT2D eigenvalue weighted by molar-refractivity contribution is 5.79. The third-order valence-corrected chi connectivity index (χ3v) is 5.57. The van der Waals surface area contributed by atoms with Crippen molar-refractivity contribution in [1.29, 1.82) is 0 Å². The molecule has 2 aliphatic carbocycles. The number of aliphatic hydroxyl groups is 1. The van der Waals surface area contributed by atoms with Crippen LogP contribution in [0.25, 0.3) is 0 Å². The molecule has 2 N–H and O–H groups in total. The van der Waals surface area contributed by atoms with Crippen LogP contribution in [0.2, 0.25) is 0 Å². The first-order valence-corrected chi connectivity index (χ1v) is 9.45. The number of rotatable bonds is 6. The molecule has 1 heterocycles. The van der Waals surface area contributed by atoms with E-state index in [0.29, 0.717) is 24.2 Å². The number of carbonyl (C=O) groups excluding carboxylic acids is 1. The fraction of sp³-hybridized carbons (Fsp3) is 0.550. The van der Waals surface area contributed by atoms with Gasteiger partial charge in [0.05, 0.1) is 6.42 Å². The third-order valence-electron chi connectivity index (χ3n) is 5.57. The summed E-state index contributed by atoms with van der Waals surface area (Å²) in [6.45, 7) is 4.03. The number of nitrogens with zero attached hydrogens (tertiary/aromatic N) is 3. The molecule has 0 spiro atoms. The van der Waals surface area contributed by atoms with E-state index in [9.17, 15) is 9.90 Å². The summed E-state index contributed by atoms with van der Waals surface area (Å²) in [6.07, 6.45) is 4.51. The number of aryl methyl sites for hydroxylation is 2. The van der Waals surface area contributed by atoms with Gasteiger partial charge in [-0.15, -0.1) is 10.2 Å². The van der Waals surface area contributed by atoms with E-state index < -0.39 is 0 Å². The van der Waals surface area contributed by atoms with Gasteiger partial charge in [-0.05, 0) is 50.7 Å². The molecule has 6 heteroatoms. The van der Waals surface area contributed by atoms with Crippen LogP contribution in [-0.4, -0.2) is 31.8 Å². The molecule has 2 aromatic rings. The molecule has 4 rings (SSSR count). The molecule has 6 nitrogen and oxygen atoms in total. The Bertz CT molecular complexity index is 819. The third kappa shape index (κ3) is 3.38. The van der Waals surface area contributed by atoms with Gasteiger partial charge in [-0.3, -0.25) is 4.79 Å². The first-order valence-electron chi connectivity index (χ1n) is 9.45. The predicted molar refractivity (Wildman–Crippen MR) is 97.7 cm³/mol. The van der Waals surface area contributed by atoms with Crippen molar-refractivity contribution >= 4 is 5.91 Å². The Labute approximate surface area is 153 Å². The van der Waals surface area contributed by atoms with Gasteiger partial charge < -0.3 is 15.0 Å². The molecule has 0 radical (unpaired) electrons. The van der Waals surface area contributed by atoms with E-state index in [1.54, 1.807) is 0 Å². The fourth-order valence-corrected chi connectivity index (χ4v) is 3.84. The van der Waals surface area contributed by atoms with E-state index in [-0.39, 0.29) is 18.6 Å². The molecular formula is C20H26N4O2. The van der Waals surface area contributed by atoms with Crippen molar-refractivity contribution in [3.8, 4) is 0 Å². The Morgan fingerprint density at radius 1 is 1.27 bits per heavy atom. The first kappa shape index (κ1) is 17.2. The number of benzene rings is 1. The molecule has 26 heavy (non-hydrogen) atoms. The molecule has 0 unspecified atom stereocenters. The van der Waals surface area contributed by atoms with Gasteiger partial charge in [0.2, 0.25) is 5.91 Å². The van der Waals surface area contributed by atoms with Crippen molar-refractivity contribution in [2.24, 2.45) is 0 Å². The second kappa shape index (κ2) is 6.83. The van der Waals surface area contributed by atoms with Crippen molar-refractivity contribution in [3.05, 3.63) is 46.5 Å². The summed E-state index contributed by atoms with van der Waals surface area (Å²) < 4.78 is 2.12.